The molecule has 0 atom stereocenters. The van der Waals surface area contributed by atoms with Gasteiger partial charge in [-0.05, 0) is 32.0 Å². The Morgan fingerprint density at radius 2 is 2.11 bits per heavy atom. The molecule has 0 spiro atoms. The van der Waals surface area contributed by atoms with Gasteiger partial charge in [0, 0.05) is 18.9 Å². The molecule has 0 fully saturated rings. The Balaban J connectivity index is 2.11. The lowest BCUT2D eigenvalue weighted by Crippen LogP contribution is -2.30. The van der Waals surface area contributed by atoms with Gasteiger partial charge in [0.2, 0.25) is 10.0 Å². The zero-order valence-electron chi connectivity index (χ0n) is 10.8. The van der Waals surface area contributed by atoms with Crippen molar-refractivity contribution >= 4 is 10.0 Å². The average molecular weight is 274 g/mol. The highest BCUT2D eigenvalue weighted by molar-refractivity contribution is 7.89. The van der Waals surface area contributed by atoms with E-state index < -0.39 is 10.0 Å². The maximum absolute atomic E-state index is 11.6. The predicted octanol–water partition coefficient (Wildman–Crippen LogP) is 0.192. The van der Waals surface area contributed by atoms with Crippen molar-refractivity contribution in [3.05, 3.63) is 18.5 Å². The second-order valence-electron chi connectivity index (χ2n) is 4.04. The van der Waals surface area contributed by atoms with E-state index in [0.29, 0.717) is 19.5 Å². The highest BCUT2D eigenvalue weighted by Crippen LogP contribution is 1.94. The fraction of sp³-hybridized carbons (Fsp3) is 0.727. The molecule has 0 amide bonds. The van der Waals surface area contributed by atoms with E-state index >= 15 is 0 Å². The molecule has 0 aromatic carbocycles. The van der Waals surface area contributed by atoms with E-state index in [1.807, 2.05) is 19.2 Å². The summed E-state index contributed by atoms with van der Waals surface area (Å²) in [5.41, 5.74) is 0. The molecular weight excluding hydrogens is 252 g/mol. The van der Waals surface area contributed by atoms with Crippen LogP contribution < -0.4 is 10.0 Å². The number of unbranched alkanes of at least 4 members (excludes halogenated alkanes) is 1. The Labute approximate surface area is 109 Å². The second-order valence-corrected chi connectivity index (χ2v) is 5.97. The summed E-state index contributed by atoms with van der Waals surface area (Å²) in [6, 6.07) is 1.81. The van der Waals surface area contributed by atoms with Crippen LogP contribution in [0.4, 0.5) is 0 Å². The minimum atomic E-state index is -3.14. The Bertz CT molecular complexity index is 403. The summed E-state index contributed by atoms with van der Waals surface area (Å²) in [5, 5.41) is 7.17. The van der Waals surface area contributed by atoms with E-state index in [-0.39, 0.29) is 5.75 Å². The summed E-state index contributed by atoms with van der Waals surface area (Å²) in [6.07, 6.45) is 5.05. The van der Waals surface area contributed by atoms with E-state index in [2.05, 4.69) is 15.1 Å². The first kappa shape index (κ1) is 15.1. The molecule has 1 aromatic rings. The topological polar surface area (TPSA) is 76.0 Å². The van der Waals surface area contributed by atoms with Crippen molar-refractivity contribution in [2.45, 2.75) is 26.3 Å². The maximum Gasteiger partial charge on any atom is 0.211 e. The first-order chi connectivity index (χ1) is 8.64. The summed E-state index contributed by atoms with van der Waals surface area (Å²) in [4.78, 5) is 0. The molecular formula is C11H22N4O2S. The van der Waals surface area contributed by atoms with Gasteiger partial charge >= 0.3 is 0 Å². The summed E-state index contributed by atoms with van der Waals surface area (Å²) in [5.74, 6) is 0.192. The minimum absolute atomic E-state index is 0.192. The third kappa shape index (κ3) is 6.73. The zero-order chi connectivity index (χ0) is 13.3. The van der Waals surface area contributed by atoms with Crippen LogP contribution in [0.5, 0.6) is 0 Å². The van der Waals surface area contributed by atoms with Gasteiger partial charge in [0.25, 0.3) is 0 Å². The highest BCUT2D eigenvalue weighted by atomic mass is 32.2. The smallest absolute Gasteiger partial charge is 0.211 e. The standard InChI is InChI=1S/C11H22N4O2S/c1-2-12-6-3-4-11-18(16,17)14-8-10-15-9-5-7-13-15/h5,7,9,12,14H,2-4,6,8,10-11H2,1H3. The number of hydrogen-bond donors (Lipinski definition) is 2. The Kier molecular flexibility index (Phi) is 6.92. The van der Waals surface area contributed by atoms with Crippen LogP contribution in [0, 0.1) is 0 Å². The van der Waals surface area contributed by atoms with Gasteiger partial charge in [-0.15, -0.1) is 0 Å². The average Bonchev–Trinajstić information content (AvgIpc) is 2.81. The number of nitrogens with zero attached hydrogens (tertiary/aromatic N) is 2. The normalized spacial score (nSPS) is 11.8. The molecule has 0 aliphatic heterocycles. The lowest BCUT2D eigenvalue weighted by atomic mass is 10.3. The molecule has 0 aliphatic rings. The van der Waals surface area contributed by atoms with Crippen LogP contribution >= 0.6 is 0 Å². The second kappa shape index (κ2) is 8.23. The van der Waals surface area contributed by atoms with Crippen LogP contribution in [-0.4, -0.2) is 43.6 Å². The minimum Gasteiger partial charge on any atom is -0.317 e. The predicted molar refractivity (Wildman–Crippen MR) is 71.8 cm³/mol. The molecule has 104 valence electrons. The van der Waals surface area contributed by atoms with Crippen molar-refractivity contribution in [3.8, 4) is 0 Å². The van der Waals surface area contributed by atoms with Gasteiger partial charge in [-0.1, -0.05) is 6.92 Å². The van der Waals surface area contributed by atoms with E-state index in [0.717, 1.165) is 19.5 Å². The molecule has 1 heterocycles. The Hall–Kier alpha value is -0.920. The van der Waals surface area contributed by atoms with Gasteiger partial charge in [-0.25, -0.2) is 13.1 Å². The lowest BCUT2D eigenvalue weighted by Gasteiger charge is -2.07. The third-order valence-corrected chi connectivity index (χ3v) is 3.96. The molecule has 1 rings (SSSR count). The van der Waals surface area contributed by atoms with E-state index in [1.54, 1.807) is 10.9 Å². The molecule has 0 saturated heterocycles. The van der Waals surface area contributed by atoms with Crippen LogP contribution in [-0.2, 0) is 16.6 Å². The molecule has 7 heteroatoms. The van der Waals surface area contributed by atoms with Gasteiger partial charge in [-0.3, -0.25) is 4.68 Å². The lowest BCUT2D eigenvalue weighted by molar-refractivity contribution is 0.556. The largest absolute Gasteiger partial charge is 0.317 e. The van der Waals surface area contributed by atoms with Gasteiger partial charge < -0.3 is 5.32 Å². The molecule has 2 N–H and O–H groups in total. The van der Waals surface area contributed by atoms with E-state index in [1.165, 1.54) is 0 Å². The first-order valence-electron chi connectivity index (χ1n) is 6.29. The molecule has 0 unspecified atom stereocenters. The van der Waals surface area contributed by atoms with Crippen molar-refractivity contribution in [2.24, 2.45) is 0 Å². The molecule has 18 heavy (non-hydrogen) atoms. The van der Waals surface area contributed by atoms with Crippen LogP contribution in [0.3, 0.4) is 0 Å². The molecule has 6 nitrogen and oxygen atoms in total. The molecule has 1 aromatic heterocycles. The summed E-state index contributed by atoms with van der Waals surface area (Å²) in [7, 11) is -3.14. The monoisotopic (exact) mass is 274 g/mol. The van der Waals surface area contributed by atoms with E-state index in [4.69, 9.17) is 0 Å². The van der Waals surface area contributed by atoms with Gasteiger partial charge in [0.15, 0.2) is 0 Å². The zero-order valence-corrected chi connectivity index (χ0v) is 11.6. The number of sulfonamides is 1. The molecule has 0 bridgehead atoms. The Morgan fingerprint density at radius 1 is 1.28 bits per heavy atom. The number of nitrogens with one attached hydrogen (secondary N) is 2. The Morgan fingerprint density at radius 3 is 2.78 bits per heavy atom. The van der Waals surface area contributed by atoms with Crippen LogP contribution in [0.1, 0.15) is 19.8 Å². The fourth-order valence-corrected chi connectivity index (χ4v) is 2.67. The molecule has 0 radical (unpaired) electrons. The van der Waals surface area contributed by atoms with Crippen LogP contribution in [0.15, 0.2) is 18.5 Å². The summed E-state index contributed by atoms with van der Waals surface area (Å²) < 4.78 is 27.5. The van der Waals surface area contributed by atoms with E-state index in [9.17, 15) is 8.42 Å². The van der Waals surface area contributed by atoms with Crippen molar-refractivity contribution < 1.29 is 8.42 Å². The van der Waals surface area contributed by atoms with Crippen molar-refractivity contribution in [2.75, 3.05) is 25.4 Å². The molecule has 0 aliphatic carbocycles. The van der Waals surface area contributed by atoms with Crippen LogP contribution in [0.25, 0.3) is 0 Å². The van der Waals surface area contributed by atoms with Gasteiger partial charge in [0.05, 0.1) is 12.3 Å². The highest BCUT2D eigenvalue weighted by Gasteiger charge is 2.08. The summed E-state index contributed by atoms with van der Waals surface area (Å²) >= 11 is 0. The number of hydrogen-bond acceptors (Lipinski definition) is 4. The fourth-order valence-electron chi connectivity index (χ4n) is 1.54. The first-order valence-corrected chi connectivity index (χ1v) is 7.95. The van der Waals surface area contributed by atoms with Gasteiger partial charge in [-0.2, -0.15) is 5.10 Å². The van der Waals surface area contributed by atoms with Crippen molar-refractivity contribution in [1.29, 1.82) is 0 Å². The SMILES string of the molecule is CCNCCCCS(=O)(=O)NCCn1cccn1. The third-order valence-electron chi connectivity index (χ3n) is 2.49. The van der Waals surface area contributed by atoms with Crippen molar-refractivity contribution in [1.82, 2.24) is 19.8 Å². The summed E-state index contributed by atoms with van der Waals surface area (Å²) in [6.45, 7) is 4.78. The maximum atomic E-state index is 11.6. The molecule has 0 saturated carbocycles. The van der Waals surface area contributed by atoms with Crippen molar-refractivity contribution in [3.63, 3.8) is 0 Å². The van der Waals surface area contributed by atoms with Crippen LogP contribution in [0.2, 0.25) is 0 Å². The number of aromatic nitrogens is 2. The quantitative estimate of drug-likeness (QED) is 0.597. The van der Waals surface area contributed by atoms with Gasteiger partial charge in [0.1, 0.15) is 0 Å². The number of rotatable bonds is 10.